The second-order valence-electron chi connectivity index (χ2n) is 5.21. The minimum Gasteiger partial charge on any atom is -0.317 e. The predicted molar refractivity (Wildman–Crippen MR) is 78.3 cm³/mol. The zero-order chi connectivity index (χ0) is 13.9. The van der Waals surface area contributed by atoms with E-state index in [1.54, 1.807) is 0 Å². The molecule has 0 heterocycles. The molecule has 4 nitrogen and oxygen atoms in total. The minimum atomic E-state index is -3.06. The summed E-state index contributed by atoms with van der Waals surface area (Å²) in [6.45, 7) is 8.80. The second kappa shape index (κ2) is 10.8. The first kappa shape index (κ1) is 17.9. The van der Waals surface area contributed by atoms with Gasteiger partial charge in [-0.25, -0.2) is 13.1 Å². The van der Waals surface area contributed by atoms with Crippen molar-refractivity contribution in [1.82, 2.24) is 10.0 Å². The molecule has 2 N–H and O–H groups in total. The Kier molecular flexibility index (Phi) is 10.7. The van der Waals surface area contributed by atoms with Gasteiger partial charge in [-0.05, 0) is 38.3 Å². The Morgan fingerprint density at radius 1 is 1.00 bits per heavy atom. The summed E-state index contributed by atoms with van der Waals surface area (Å²) < 4.78 is 25.9. The van der Waals surface area contributed by atoms with Gasteiger partial charge in [0.15, 0.2) is 0 Å². The van der Waals surface area contributed by atoms with E-state index in [2.05, 4.69) is 30.8 Å². The Morgan fingerprint density at radius 2 is 1.72 bits per heavy atom. The van der Waals surface area contributed by atoms with Crippen molar-refractivity contribution in [1.29, 1.82) is 0 Å². The third kappa shape index (κ3) is 12.3. The monoisotopic (exact) mass is 278 g/mol. The molecule has 0 unspecified atom stereocenters. The van der Waals surface area contributed by atoms with Crippen LogP contribution in [-0.2, 0) is 10.0 Å². The molecule has 0 atom stereocenters. The quantitative estimate of drug-likeness (QED) is 0.538. The zero-order valence-electron chi connectivity index (χ0n) is 12.2. The van der Waals surface area contributed by atoms with Crippen LogP contribution >= 0.6 is 0 Å². The lowest BCUT2D eigenvalue weighted by Gasteiger charge is -2.08. The first-order valence-corrected chi connectivity index (χ1v) is 8.81. The fourth-order valence-electron chi connectivity index (χ4n) is 1.67. The number of nitrogens with one attached hydrogen (secondary N) is 2. The third-order valence-electron chi connectivity index (χ3n) is 2.72. The van der Waals surface area contributed by atoms with Gasteiger partial charge in [0.1, 0.15) is 0 Å². The molecule has 0 amide bonds. The molecule has 0 spiro atoms. The van der Waals surface area contributed by atoms with Crippen LogP contribution in [0.3, 0.4) is 0 Å². The van der Waals surface area contributed by atoms with E-state index in [4.69, 9.17) is 0 Å². The summed E-state index contributed by atoms with van der Waals surface area (Å²) in [5.74, 6) is 0.930. The number of sulfonamides is 1. The van der Waals surface area contributed by atoms with Crippen LogP contribution in [0.25, 0.3) is 0 Å². The first-order chi connectivity index (χ1) is 8.48. The van der Waals surface area contributed by atoms with E-state index in [-0.39, 0.29) is 5.75 Å². The van der Waals surface area contributed by atoms with Gasteiger partial charge < -0.3 is 5.32 Å². The highest BCUT2D eigenvalue weighted by atomic mass is 32.2. The van der Waals surface area contributed by atoms with E-state index < -0.39 is 10.0 Å². The molecule has 0 saturated carbocycles. The van der Waals surface area contributed by atoms with Crippen LogP contribution in [0.1, 0.15) is 52.9 Å². The molecule has 0 aliphatic carbocycles. The zero-order valence-corrected chi connectivity index (χ0v) is 13.0. The molecular weight excluding hydrogens is 248 g/mol. The van der Waals surface area contributed by atoms with Gasteiger partial charge in [0.2, 0.25) is 10.0 Å². The molecule has 5 heteroatoms. The van der Waals surface area contributed by atoms with Crippen molar-refractivity contribution >= 4 is 10.0 Å². The molecule has 0 radical (unpaired) electrons. The van der Waals surface area contributed by atoms with E-state index in [0.29, 0.717) is 18.9 Å². The summed E-state index contributed by atoms with van der Waals surface area (Å²) in [5.41, 5.74) is 0. The Balaban J connectivity index is 3.49. The van der Waals surface area contributed by atoms with Crippen molar-refractivity contribution in [2.75, 3.05) is 25.4 Å². The van der Waals surface area contributed by atoms with Crippen molar-refractivity contribution in [2.45, 2.75) is 52.9 Å². The van der Waals surface area contributed by atoms with E-state index in [1.807, 2.05) is 0 Å². The van der Waals surface area contributed by atoms with Gasteiger partial charge in [-0.1, -0.05) is 33.6 Å². The lowest BCUT2D eigenvalue weighted by atomic mass is 10.1. The van der Waals surface area contributed by atoms with Gasteiger partial charge in [-0.15, -0.1) is 0 Å². The van der Waals surface area contributed by atoms with Crippen LogP contribution in [0.15, 0.2) is 0 Å². The second-order valence-corrected chi connectivity index (χ2v) is 7.13. The smallest absolute Gasteiger partial charge is 0.211 e. The van der Waals surface area contributed by atoms with E-state index >= 15 is 0 Å². The standard InChI is InChI=1S/C13H30N2O2S/c1-4-9-14-10-7-12-18(16,17)15-11-6-5-8-13(2)3/h13-15H,4-12H2,1-3H3. The highest BCUT2D eigenvalue weighted by Crippen LogP contribution is 2.05. The maximum atomic E-state index is 11.6. The number of hydrogen-bond donors (Lipinski definition) is 2. The van der Waals surface area contributed by atoms with Crippen molar-refractivity contribution in [3.05, 3.63) is 0 Å². The van der Waals surface area contributed by atoms with Crippen LogP contribution < -0.4 is 10.0 Å². The van der Waals surface area contributed by atoms with E-state index in [0.717, 1.165) is 32.4 Å². The number of rotatable bonds is 12. The molecule has 0 aromatic heterocycles. The highest BCUT2D eigenvalue weighted by Gasteiger charge is 2.08. The SMILES string of the molecule is CCCNCCCS(=O)(=O)NCCCCC(C)C. The molecule has 0 fully saturated rings. The van der Waals surface area contributed by atoms with Crippen molar-refractivity contribution < 1.29 is 8.42 Å². The van der Waals surface area contributed by atoms with Crippen LogP contribution in [0, 0.1) is 5.92 Å². The average molecular weight is 278 g/mol. The molecular formula is C13H30N2O2S. The Bertz CT molecular complexity index is 277. The molecule has 0 bridgehead atoms. The topological polar surface area (TPSA) is 58.2 Å². The van der Waals surface area contributed by atoms with E-state index in [9.17, 15) is 8.42 Å². The molecule has 0 aliphatic rings. The maximum absolute atomic E-state index is 11.6. The van der Waals surface area contributed by atoms with Gasteiger partial charge in [-0.3, -0.25) is 0 Å². The average Bonchev–Trinajstić information content (AvgIpc) is 2.27. The van der Waals surface area contributed by atoms with Crippen LogP contribution in [0.5, 0.6) is 0 Å². The van der Waals surface area contributed by atoms with Crippen LogP contribution in [-0.4, -0.2) is 33.8 Å². The Hall–Kier alpha value is -0.130. The van der Waals surface area contributed by atoms with Gasteiger partial charge in [0.05, 0.1) is 5.75 Å². The minimum absolute atomic E-state index is 0.230. The Labute approximate surface area is 113 Å². The molecule has 0 rings (SSSR count). The largest absolute Gasteiger partial charge is 0.317 e. The van der Waals surface area contributed by atoms with Gasteiger partial charge in [0.25, 0.3) is 0 Å². The molecule has 18 heavy (non-hydrogen) atoms. The normalized spacial score (nSPS) is 12.2. The molecule has 110 valence electrons. The summed E-state index contributed by atoms with van der Waals surface area (Å²) in [7, 11) is -3.06. The summed E-state index contributed by atoms with van der Waals surface area (Å²) in [6, 6.07) is 0. The number of hydrogen-bond acceptors (Lipinski definition) is 3. The number of unbranched alkanes of at least 4 members (excludes halogenated alkanes) is 1. The van der Waals surface area contributed by atoms with E-state index in [1.165, 1.54) is 6.42 Å². The molecule has 0 aromatic rings. The van der Waals surface area contributed by atoms with Gasteiger partial charge in [0, 0.05) is 6.54 Å². The lowest BCUT2D eigenvalue weighted by Crippen LogP contribution is -2.29. The molecule has 0 aliphatic heterocycles. The van der Waals surface area contributed by atoms with Crippen LogP contribution in [0.4, 0.5) is 0 Å². The first-order valence-electron chi connectivity index (χ1n) is 7.16. The molecule has 0 saturated heterocycles. The van der Waals surface area contributed by atoms with Gasteiger partial charge in [-0.2, -0.15) is 0 Å². The van der Waals surface area contributed by atoms with Crippen molar-refractivity contribution in [3.63, 3.8) is 0 Å². The van der Waals surface area contributed by atoms with Crippen molar-refractivity contribution in [3.8, 4) is 0 Å². The fraction of sp³-hybridized carbons (Fsp3) is 1.00. The van der Waals surface area contributed by atoms with Gasteiger partial charge >= 0.3 is 0 Å². The van der Waals surface area contributed by atoms with Crippen molar-refractivity contribution in [2.24, 2.45) is 5.92 Å². The predicted octanol–water partition coefficient (Wildman–Crippen LogP) is 2.12. The maximum Gasteiger partial charge on any atom is 0.211 e. The highest BCUT2D eigenvalue weighted by molar-refractivity contribution is 7.89. The Morgan fingerprint density at radius 3 is 2.33 bits per heavy atom. The summed E-state index contributed by atoms with van der Waals surface area (Å²) >= 11 is 0. The lowest BCUT2D eigenvalue weighted by molar-refractivity contribution is 0.530. The van der Waals surface area contributed by atoms with Crippen LogP contribution in [0.2, 0.25) is 0 Å². The summed E-state index contributed by atoms with van der Waals surface area (Å²) in [4.78, 5) is 0. The summed E-state index contributed by atoms with van der Waals surface area (Å²) in [6.07, 6.45) is 4.97. The fourth-order valence-corrected chi connectivity index (χ4v) is 2.79. The third-order valence-corrected chi connectivity index (χ3v) is 4.19. The molecule has 0 aromatic carbocycles. The summed E-state index contributed by atoms with van der Waals surface area (Å²) in [5, 5.41) is 3.20.